The average molecular weight is 327 g/mol. The van der Waals surface area contributed by atoms with Gasteiger partial charge in [-0.1, -0.05) is 0 Å². The van der Waals surface area contributed by atoms with Gasteiger partial charge in [0.2, 0.25) is 0 Å². The van der Waals surface area contributed by atoms with Gasteiger partial charge in [-0.15, -0.1) is 0 Å². The minimum atomic E-state index is 0.00344. The summed E-state index contributed by atoms with van der Waals surface area (Å²) in [6.07, 6.45) is 3.81. The Balaban J connectivity index is 1.72. The molecule has 0 aliphatic carbocycles. The molecule has 3 heterocycles. The SMILES string of the molecule is Cc1cc(N(C)C)cc(C2CN(Cc3cnc(C)nc3)CCO2)n1. The van der Waals surface area contributed by atoms with E-state index in [4.69, 9.17) is 4.74 Å². The summed E-state index contributed by atoms with van der Waals surface area (Å²) in [5, 5.41) is 0. The molecule has 0 radical (unpaired) electrons. The van der Waals surface area contributed by atoms with Crippen LogP contribution in [0.5, 0.6) is 0 Å². The van der Waals surface area contributed by atoms with Crippen LogP contribution in [0.3, 0.4) is 0 Å². The summed E-state index contributed by atoms with van der Waals surface area (Å²) in [6, 6.07) is 4.21. The van der Waals surface area contributed by atoms with Gasteiger partial charge in [0, 0.05) is 63.1 Å². The summed E-state index contributed by atoms with van der Waals surface area (Å²) in [6.45, 7) is 7.23. The van der Waals surface area contributed by atoms with E-state index in [9.17, 15) is 0 Å². The van der Waals surface area contributed by atoms with Crippen LogP contribution in [0.2, 0.25) is 0 Å². The number of morpholine rings is 1. The number of hydrogen-bond donors (Lipinski definition) is 0. The van der Waals surface area contributed by atoms with E-state index in [2.05, 4.69) is 36.9 Å². The molecule has 1 aliphatic heterocycles. The minimum Gasteiger partial charge on any atom is -0.378 e. The highest BCUT2D eigenvalue weighted by atomic mass is 16.5. The second kappa shape index (κ2) is 7.23. The zero-order valence-corrected chi connectivity index (χ0v) is 14.9. The van der Waals surface area contributed by atoms with E-state index >= 15 is 0 Å². The smallest absolute Gasteiger partial charge is 0.125 e. The maximum absolute atomic E-state index is 5.99. The number of aromatic nitrogens is 3. The molecular formula is C18H25N5O. The van der Waals surface area contributed by atoms with Crippen molar-refractivity contribution in [3.8, 4) is 0 Å². The standard InChI is InChI=1S/C18H25N5O/c1-13-7-16(22(3)4)8-17(21-13)18-12-23(5-6-24-18)11-15-9-19-14(2)20-10-15/h7-10,18H,5-6,11-12H2,1-4H3. The predicted molar refractivity (Wildman–Crippen MR) is 94.0 cm³/mol. The van der Waals surface area contributed by atoms with Crippen LogP contribution in [-0.2, 0) is 11.3 Å². The highest BCUT2D eigenvalue weighted by molar-refractivity contribution is 5.47. The van der Waals surface area contributed by atoms with Gasteiger partial charge in [0.1, 0.15) is 11.9 Å². The lowest BCUT2D eigenvalue weighted by Gasteiger charge is -2.33. The first-order valence-corrected chi connectivity index (χ1v) is 8.28. The number of ether oxygens (including phenoxy) is 1. The Morgan fingerprint density at radius 1 is 1.21 bits per heavy atom. The Hall–Kier alpha value is -2.05. The van der Waals surface area contributed by atoms with Crippen LogP contribution in [0.1, 0.15) is 28.9 Å². The van der Waals surface area contributed by atoms with E-state index in [1.54, 1.807) is 0 Å². The van der Waals surface area contributed by atoms with E-state index in [1.807, 2.05) is 40.3 Å². The lowest BCUT2D eigenvalue weighted by Crippen LogP contribution is -2.38. The van der Waals surface area contributed by atoms with Crippen LogP contribution in [0.4, 0.5) is 5.69 Å². The van der Waals surface area contributed by atoms with Gasteiger partial charge in [0.25, 0.3) is 0 Å². The highest BCUT2D eigenvalue weighted by Crippen LogP contribution is 2.25. The van der Waals surface area contributed by atoms with Crippen molar-refractivity contribution in [2.75, 3.05) is 38.7 Å². The molecule has 1 aliphatic rings. The van der Waals surface area contributed by atoms with Crippen molar-refractivity contribution in [3.63, 3.8) is 0 Å². The molecule has 6 nitrogen and oxygen atoms in total. The van der Waals surface area contributed by atoms with Gasteiger partial charge < -0.3 is 9.64 Å². The fourth-order valence-corrected chi connectivity index (χ4v) is 2.88. The van der Waals surface area contributed by atoms with Gasteiger partial charge in [-0.05, 0) is 26.0 Å². The Kier molecular flexibility index (Phi) is 5.06. The molecular weight excluding hydrogens is 302 g/mol. The van der Waals surface area contributed by atoms with Crippen LogP contribution < -0.4 is 4.90 Å². The van der Waals surface area contributed by atoms with Crippen LogP contribution in [-0.4, -0.2) is 53.6 Å². The van der Waals surface area contributed by atoms with Crippen LogP contribution >= 0.6 is 0 Å². The van der Waals surface area contributed by atoms with E-state index in [0.717, 1.165) is 48.1 Å². The maximum atomic E-state index is 5.99. The Bertz CT molecular complexity index is 686. The predicted octanol–water partition coefficient (Wildman–Crippen LogP) is 2.13. The van der Waals surface area contributed by atoms with Crippen LogP contribution in [0.15, 0.2) is 24.5 Å². The van der Waals surface area contributed by atoms with Crippen LogP contribution in [0.25, 0.3) is 0 Å². The number of pyridine rings is 1. The number of anilines is 1. The molecule has 1 saturated heterocycles. The van der Waals surface area contributed by atoms with Crippen molar-refractivity contribution in [2.24, 2.45) is 0 Å². The number of nitrogens with zero attached hydrogens (tertiary/aromatic N) is 5. The maximum Gasteiger partial charge on any atom is 0.125 e. The first kappa shape index (κ1) is 16.8. The molecule has 0 aromatic carbocycles. The molecule has 2 aromatic heterocycles. The quantitative estimate of drug-likeness (QED) is 0.857. The molecule has 2 aromatic rings. The van der Waals surface area contributed by atoms with Crippen molar-refractivity contribution in [2.45, 2.75) is 26.5 Å². The van der Waals surface area contributed by atoms with Gasteiger partial charge in [-0.3, -0.25) is 9.88 Å². The molecule has 1 atom stereocenters. The molecule has 0 saturated carbocycles. The molecule has 128 valence electrons. The van der Waals surface area contributed by atoms with Gasteiger partial charge in [-0.2, -0.15) is 0 Å². The van der Waals surface area contributed by atoms with E-state index in [1.165, 1.54) is 0 Å². The number of aryl methyl sites for hydroxylation is 2. The van der Waals surface area contributed by atoms with Crippen molar-refractivity contribution in [1.29, 1.82) is 0 Å². The summed E-state index contributed by atoms with van der Waals surface area (Å²) in [5.41, 5.74) is 4.31. The Morgan fingerprint density at radius 2 is 1.96 bits per heavy atom. The summed E-state index contributed by atoms with van der Waals surface area (Å²) in [7, 11) is 4.09. The van der Waals surface area contributed by atoms with E-state index < -0.39 is 0 Å². The van der Waals surface area contributed by atoms with E-state index in [-0.39, 0.29) is 6.10 Å². The number of hydrogen-bond acceptors (Lipinski definition) is 6. The molecule has 1 unspecified atom stereocenters. The third-order valence-electron chi connectivity index (χ3n) is 4.20. The molecule has 3 rings (SSSR count). The molecule has 0 spiro atoms. The summed E-state index contributed by atoms with van der Waals surface area (Å²) in [4.78, 5) is 17.7. The van der Waals surface area contributed by atoms with Crippen LogP contribution in [0, 0.1) is 13.8 Å². The Labute approximate surface area is 143 Å². The van der Waals surface area contributed by atoms with Crippen molar-refractivity contribution in [3.05, 3.63) is 47.3 Å². The first-order valence-electron chi connectivity index (χ1n) is 8.28. The molecule has 0 N–H and O–H groups in total. The first-order chi connectivity index (χ1) is 11.5. The third-order valence-corrected chi connectivity index (χ3v) is 4.20. The highest BCUT2D eigenvalue weighted by Gasteiger charge is 2.24. The van der Waals surface area contributed by atoms with Gasteiger partial charge >= 0.3 is 0 Å². The zero-order chi connectivity index (χ0) is 17.1. The molecule has 1 fully saturated rings. The Morgan fingerprint density at radius 3 is 2.67 bits per heavy atom. The second-order valence-electron chi connectivity index (χ2n) is 6.52. The van der Waals surface area contributed by atoms with Gasteiger partial charge in [0.05, 0.1) is 12.3 Å². The van der Waals surface area contributed by atoms with Crippen molar-refractivity contribution >= 4 is 5.69 Å². The summed E-state index contributed by atoms with van der Waals surface area (Å²) >= 11 is 0. The van der Waals surface area contributed by atoms with Gasteiger partial charge in [0.15, 0.2) is 0 Å². The topological polar surface area (TPSA) is 54.4 Å². The second-order valence-corrected chi connectivity index (χ2v) is 6.52. The van der Waals surface area contributed by atoms with E-state index in [0.29, 0.717) is 6.61 Å². The average Bonchev–Trinajstić information content (AvgIpc) is 2.57. The largest absolute Gasteiger partial charge is 0.378 e. The fourth-order valence-electron chi connectivity index (χ4n) is 2.88. The molecule has 0 bridgehead atoms. The summed E-state index contributed by atoms with van der Waals surface area (Å²) in [5.74, 6) is 0.804. The minimum absolute atomic E-state index is 0.00344. The van der Waals surface area contributed by atoms with Crippen molar-refractivity contribution < 1.29 is 4.74 Å². The summed E-state index contributed by atoms with van der Waals surface area (Å²) < 4.78 is 5.99. The zero-order valence-electron chi connectivity index (χ0n) is 14.9. The molecule has 0 amide bonds. The lowest BCUT2D eigenvalue weighted by atomic mass is 10.1. The van der Waals surface area contributed by atoms with Gasteiger partial charge in [-0.25, -0.2) is 9.97 Å². The fraction of sp³-hybridized carbons (Fsp3) is 0.500. The monoisotopic (exact) mass is 327 g/mol. The normalized spacial score (nSPS) is 18.6. The molecule has 24 heavy (non-hydrogen) atoms. The lowest BCUT2D eigenvalue weighted by molar-refractivity contribution is -0.0350. The molecule has 6 heteroatoms. The number of rotatable bonds is 4. The third kappa shape index (κ3) is 4.07. The van der Waals surface area contributed by atoms with Crippen molar-refractivity contribution in [1.82, 2.24) is 19.9 Å².